The average molecular weight is 484 g/mol. The Morgan fingerprint density at radius 1 is 0.917 bits per heavy atom. The van der Waals surface area contributed by atoms with Gasteiger partial charge in [0.25, 0.3) is 0 Å². The van der Waals surface area contributed by atoms with Crippen molar-refractivity contribution in [2.75, 3.05) is 0 Å². The van der Waals surface area contributed by atoms with Gasteiger partial charge in [-0.2, -0.15) is 5.10 Å². The first kappa shape index (κ1) is 24.3. The summed E-state index contributed by atoms with van der Waals surface area (Å²) in [6, 6.07) is 17.0. The van der Waals surface area contributed by atoms with Crippen molar-refractivity contribution in [3.05, 3.63) is 65.7 Å². The third kappa shape index (κ3) is 6.07. The highest BCUT2D eigenvalue weighted by atomic mass is 15.5. The fraction of sp³-hybridized carbons (Fsp3) is 0.483. The number of H-pyrrole nitrogens is 1. The van der Waals surface area contributed by atoms with Crippen LogP contribution in [0.25, 0.3) is 22.5 Å². The second-order valence-corrected chi connectivity index (χ2v) is 10.1. The van der Waals surface area contributed by atoms with Crippen molar-refractivity contribution in [3.8, 4) is 22.5 Å². The molecule has 0 unspecified atom stereocenters. The number of rotatable bonds is 11. The molecule has 2 heterocycles. The Hall–Kier alpha value is -3.35. The van der Waals surface area contributed by atoms with E-state index in [0.717, 1.165) is 53.6 Å². The first-order valence-electron chi connectivity index (χ1n) is 13.6. The van der Waals surface area contributed by atoms with Gasteiger partial charge in [0.2, 0.25) is 0 Å². The lowest BCUT2D eigenvalue weighted by Crippen LogP contribution is -2.10. The number of nitrogens with one attached hydrogen (secondary N) is 1. The van der Waals surface area contributed by atoms with Crippen LogP contribution in [-0.4, -0.2) is 35.4 Å². The molecule has 1 aliphatic rings. The molecule has 0 aliphatic heterocycles. The van der Waals surface area contributed by atoms with E-state index < -0.39 is 0 Å². The van der Waals surface area contributed by atoms with Crippen LogP contribution >= 0.6 is 0 Å². The maximum Gasteiger partial charge on any atom is 0.180 e. The molecule has 188 valence electrons. The molecule has 0 spiro atoms. The lowest BCUT2D eigenvalue weighted by molar-refractivity contribution is 0.351. The van der Waals surface area contributed by atoms with Crippen LogP contribution in [0.2, 0.25) is 0 Å². The lowest BCUT2D eigenvalue weighted by Gasteiger charge is -2.19. The van der Waals surface area contributed by atoms with Crippen molar-refractivity contribution < 1.29 is 0 Å². The minimum Gasteiger partial charge on any atom is -0.249 e. The van der Waals surface area contributed by atoms with Crippen molar-refractivity contribution in [3.63, 3.8) is 0 Å². The average Bonchev–Trinajstić information content (AvgIpc) is 3.58. The molecule has 0 amide bonds. The molecule has 1 aliphatic carbocycles. The molecular weight excluding hydrogens is 446 g/mol. The summed E-state index contributed by atoms with van der Waals surface area (Å²) in [5.41, 5.74) is 4.50. The molecule has 0 saturated heterocycles. The summed E-state index contributed by atoms with van der Waals surface area (Å²) >= 11 is 0. The number of benzene rings is 2. The van der Waals surface area contributed by atoms with Crippen molar-refractivity contribution >= 4 is 0 Å². The highest BCUT2D eigenvalue weighted by Gasteiger charge is 2.18. The van der Waals surface area contributed by atoms with Gasteiger partial charge in [-0.05, 0) is 39.5 Å². The molecule has 1 N–H and O–H groups in total. The zero-order valence-corrected chi connectivity index (χ0v) is 21.4. The highest BCUT2D eigenvalue weighted by molar-refractivity contribution is 5.80. The van der Waals surface area contributed by atoms with Crippen LogP contribution in [-0.2, 0) is 19.4 Å². The number of aryl methyl sites for hydroxylation is 1. The molecule has 5 rings (SSSR count). The van der Waals surface area contributed by atoms with Gasteiger partial charge in [-0.15, -0.1) is 5.10 Å². The van der Waals surface area contributed by atoms with Crippen LogP contribution in [0, 0.1) is 5.92 Å². The smallest absolute Gasteiger partial charge is 0.180 e. The van der Waals surface area contributed by atoms with Crippen LogP contribution < -0.4 is 0 Å². The minimum absolute atomic E-state index is 0.677. The van der Waals surface area contributed by atoms with E-state index in [1.807, 2.05) is 18.2 Å². The molecule has 1 fully saturated rings. The Bertz CT molecular complexity index is 1200. The molecule has 7 heteroatoms. The van der Waals surface area contributed by atoms with Gasteiger partial charge in [-0.1, -0.05) is 107 Å². The molecule has 7 nitrogen and oxygen atoms in total. The summed E-state index contributed by atoms with van der Waals surface area (Å²) in [6.07, 6.45) is 13.5. The molecule has 36 heavy (non-hydrogen) atoms. The number of tetrazole rings is 1. The van der Waals surface area contributed by atoms with Gasteiger partial charge >= 0.3 is 0 Å². The Morgan fingerprint density at radius 3 is 2.47 bits per heavy atom. The van der Waals surface area contributed by atoms with E-state index in [9.17, 15) is 0 Å². The second kappa shape index (κ2) is 12.1. The molecule has 0 bridgehead atoms. The Labute approximate surface area is 213 Å². The van der Waals surface area contributed by atoms with Crippen LogP contribution in [0.1, 0.15) is 81.9 Å². The molecule has 2 aromatic heterocycles. The predicted molar refractivity (Wildman–Crippen MR) is 142 cm³/mol. The molecule has 4 aromatic rings. The number of aromatic amines is 1. The van der Waals surface area contributed by atoms with Gasteiger partial charge in [0, 0.05) is 24.9 Å². The molecule has 1 saturated carbocycles. The second-order valence-electron chi connectivity index (χ2n) is 10.1. The summed E-state index contributed by atoms with van der Waals surface area (Å²) in [5.74, 6) is 3.56. The van der Waals surface area contributed by atoms with E-state index >= 15 is 0 Å². The van der Waals surface area contributed by atoms with E-state index in [-0.39, 0.29) is 0 Å². The van der Waals surface area contributed by atoms with Crippen LogP contribution in [0.3, 0.4) is 0 Å². The largest absolute Gasteiger partial charge is 0.249 e. The summed E-state index contributed by atoms with van der Waals surface area (Å²) in [5, 5.41) is 19.4. The van der Waals surface area contributed by atoms with Crippen molar-refractivity contribution in [2.45, 2.75) is 84.1 Å². The monoisotopic (exact) mass is 483 g/mol. The maximum atomic E-state index is 5.05. The number of hydrogen-bond donors (Lipinski definition) is 1. The molecule has 2 aromatic carbocycles. The van der Waals surface area contributed by atoms with Gasteiger partial charge in [0.1, 0.15) is 5.82 Å². The third-order valence-corrected chi connectivity index (χ3v) is 7.37. The maximum absolute atomic E-state index is 5.05. The number of hydrogen-bond acceptors (Lipinski definition) is 5. The van der Waals surface area contributed by atoms with Gasteiger partial charge in [0.15, 0.2) is 11.6 Å². The van der Waals surface area contributed by atoms with Crippen molar-refractivity contribution in [1.29, 1.82) is 0 Å². The number of unbranched alkanes of at least 4 members (excludes halogenated alkanes) is 3. The van der Waals surface area contributed by atoms with E-state index in [1.54, 1.807) is 0 Å². The topological polar surface area (TPSA) is 85.2 Å². The van der Waals surface area contributed by atoms with Crippen molar-refractivity contribution in [2.24, 2.45) is 5.92 Å². The van der Waals surface area contributed by atoms with Crippen LogP contribution in [0.15, 0.2) is 48.5 Å². The molecular formula is C29H37N7. The zero-order chi connectivity index (χ0) is 24.6. The van der Waals surface area contributed by atoms with E-state index in [1.165, 1.54) is 63.4 Å². The Balaban J connectivity index is 1.33. The zero-order valence-electron chi connectivity index (χ0n) is 21.4. The van der Waals surface area contributed by atoms with E-state index in [0.29, 0.717) is 5.82 Å². The van der Waals surface area contributed by atoms with Crippen molar-refractivity contribution in [1.82, 2.24) is 35.4 Å². The summed E-state index contributed by atoms with van der Waals surface area (Å²) in [4.78, 5) is 5.05. The summed E-state index contributed by atoms with van der Waals surface area (Å²) in [7, 11) is 0. The van der Waals surface area contributed by atoms with Gasteiger partial charge in [-0.3, -0.25) is 0 Å². The molecule has 0 radical (unpaired) electrons. The lowest BCUT2D eigenvalue weighted by atomic mass is 9.87. The Morgan fingerprint density at radius 2 is 1.72 bits per heavy atom. The van der Waals surface area contributed by atoms with Gasteiger partial charge in [-0.25, -0.2) is 14.8 Å². The first-order valence-corrected chi connectivity index (χ1v) is 13.6. The fourth-order valence-electron chi connectivity index (χ4n) is 5.36. The SMILES string of the molecule is CCCCCCn1nc(CC2CCCCC2)nc1Cc1ccc(-c2ccccc2-c2nnn[nH]2)cc1. The highest BCUT2D eigenvalue weighted by Crippen LogP contribution is 2.30. The standard InChI is InChI=1S/C29H37N7/c1-2-3-4-10-19-36-28(30-27(33-36)20-22-11-6-5-7-12-22)21-23-15-17-24(18-16-23)25-13-8-9-14-26(25)29-31-34-35-32-29/h8-9,13-18,22H,2-7,10-12,19-21H2,1H3,(H,31,32,34,35). The van der Waals surface area contributed by atoms with E-state index in [2.05, 4.69) is 62.6 Å². The normalized spacial score (nSPS) is 14.4. The number of nitrogens with zero attached hydrogens (tertiary/aromatic N) is 6. The van der Waals surface area contributed by atoms with Gasteiger partial charge in [0.05, 0.1) is 0 Å². The van der Waals surface area contributed by atoms with E-state index in [4.69, 9.17) is 10.1 Å². The Kier molecular flexibility index (Phi) is 8.16. The fourth-order valence-corrected chi connectivity index (χ4v) is 5.36. The number of aromatic nitrogens is 7. The predicted octanol–water partition coefficient (Wildman–Crippen LogP) is 6.42. The first-order chi connectivity index (χ1) is 17.8. The summed E-state index contributed by atoms with van der Waals surface area (Å²) in [6.45, 7) is 3.22. The van der Waals surface area contributed by atoms with Gasteiger partial charge < -0.3 is 0 Å². The summed E-state index contributed by atoms with van der Waals surface area (Å²) < 4.78 is 2.19. The quantitative estimate of drug-likeness (QED) is 0.249. The molecule has 0 atom stereocenters. The minimum atomic E-state index is 0.677. The van der Waals surface area contributed by atoms with Crippen LogP contribution in [0.4, 0.5) is 0 Å². The van der Waals surface area contributed by atoms with Crippen LogP contribution in [0.5, 0.6) is 0 Å². The third-order valence-electron chi connectivity index (χ3n) is 7.37.